The van der Waals surface area contributed by atoms with Crippen LogP contribution in [0.15, 0.2) is 229 Å². The Hall–Kier alpha value is -7.20. The molecular formula is C56H39NOS. The van der Waals surface area contributed by atoms with E-state index in [1.807, 2.05) is 11.3 Å². The molecule has 2 heterocycles. The van der Waals surface area contributed by atoms with Crippen LogP contribution in [-0.2, 0) is 0 Å². The fourth-order valence-electron chi connectivity index (χ4n) is 9.04. The third-order valence-electron chi connectivity index (χ3n) is 11.7. The van der Waals surface area contributed by atoms with Crippen molar-refractivity contribution in [3.8, 4) is 0 Å². The van der Waals surface area contributed by atoms with Crippen LogP contribution < -0.4 is 4.90 Å². The third kappa shape index (κ3) is 6.37. The van der Waals surface area contributed by atoms with Gasteiger partial charge in [-0.25, -0.2) is 0 Å². The van der Waals surface area contributed by atoms with Crippen molar-refractivity contribution >= 4 is 70.5 Å². The summed E-state index contributed by atoms with van der Waals surface area (Å²) in [6.07, 6.45) is 0. The molecule has 0 spiro atoms. The van der Waals surface area contributed by atoms with Gasteiger partial charge in [0.2, 0.25) is 0 Å². The van der Waals surface area contributed by atoms with Gasteiger partial charge < -0.3 is 9.32 Å². The van der Waals surface area contributed by atoms with E-state index >= 15 is 0 Å². The molecule has 2 aromatic heterocycles. The van der Waals surface area contributed by atoms with Crippen molar-refractivity contribution in [2.45, 2.75) is 11.8 Å². The van der Waals surface area contributed by atoms with E-state index in [0.29, 0.717) is 0 Å². The Morgan fingerprint density at radius 1 is 0.339 bits per heavy atom. The monoisotopic (exact) mass is 773 g/mol. The number of rotatable bonds is 9. The van der Waals surface area contributed by atoms with Gasteiger partial charge in [-0.2, -0.15) is 0 Å². The fourth-order valence-corrected chi connectivity index (χ4v) is 10.2. The molecule has 3 heteroatoms. The first-order chi connectivity index (χ1) is 29.3. The highest BCUT2D eigenvalue weighted by Gasteiger charge is 2.26. The zero-order valence-corrected chi connectivity index (χ0v) is 33.1. The van der Waals surface area contributed by atoms with Gasteiger partial charge in [0, 0.05) is 48.8 Å². The minimum atomic E-state index is -0.0494. The van der Waals surface area contributed by atoms with Crippen LogP contribution in [0.2, 0.25) is 0 Å². The molecule has 0 N–H and O–H groups in total. The zero-order chi connectivity index (χ0) is 39.1. The molecule has 0 radical (unpaired) electrons. The molecule has 11 aromatic rings. The molecule has 0 aliphatic carbocycles. The minimum absolute atomic E-state index is 0.0494. The van der Waals surface area contributed by atoms with Gasteiger partial charge in [-0.05, 0) is 94.0 Å². The number of thiophene rings is 1. The van der Waals surface area contributed by atoms with E-state index in [2.05, 4.69) is 229 Å². The summed E-state index contributed by atoms with van der Waals surface area (Å²) in [5.41, 5.74) is 12.3. The van der Waals surface area contributed by atoms with Crippen LogP contribution in [0.5, 0.6) is 0 Å². The smallest absolute Gasteiger partial charge is 0.137 e. The van der Waals surface area contributed by atoms with Crippen LogP contribution in [0.1, 0.15) is 45.2 Å². The van der Waals surface area contributed by atoms with Crippen molar-refractivity contribution < 1.29 is 4.42 Å². The fraction of sp³-hybridized carbons (Fsp3) is 0.0357. The molecule has 1 atom stereocenters. The maximum Gasteiger partial charge on any atom is 0.137 e. The topological polar surface area (TPSA) is 16.4 Å². The molecule has 2 nitrogen and oxygen atoms in total. The first-order valence-corrected chi connectivity index (χ1v) is 21.0. The van der Waals surface area contributed by atoms with Crippen LogP contribution in [0, 0.1) is 0 Å². The maximum absolute atomic E-state index is 7.01. The largest absolute Gasteiger partial charge is 0.456 e. The van der Waals surface area contributed by atoms with Gasteiger partial charge >= 0.3 is 0 Å². The van der Waals surface area contributed by atoms with Crippen LogP contribution in [0.25, 0.3) is 42.1 Å². The Balaban J connectivity index is 1.19. The van der Waals surface area contributed by atoms with Crippen molar-refractivity contribution in [3.05, 3.63) is 258 Å². The van der Waals surface area contributed by atoms with Crippen molar-refractivity contribution in [2.75, 3.05) is 4.90 Å². The highest BCUT2D eigenvalue weighted by Crippen LogP contribution is 2.48. The van der Waals surface area contributed by atoms with Crippen molar-refractivity contribution in [1.82, 2.24) is 0 Å². The molecule has 0 fully saturated rings. The number of para-hydroxylation sites is 2. The molecular weight excluding hydrogens is 735 g/mol. The molecule has 11 rings (SSSR count). The van der Waals surface area contributed by atoms with Gasteiger partial charge in [0.05, 0.1) is 11.1 Å². The van der Waals surface area contributed by atoms with Gasteiger partial charge in [0.15, 0.2) is 0 Å². The molecule has 9 aromatic carbocycles. The summed E-state index contributed by atoms with van der Waals surface area (Å²) in [6, 6.07) is 81.3. The number of benzene rings is 9. The quantitative estimate of drug-likeness (QED) is 0.136. The van der Waals surface area contributed by atoms with Gasteiger partial charge in [0.25, 0.3) is 0 Å². The lowest BCUT2D eigenvalue weighted by atomic mass is 9.83. The number of fused-ring (bicyclic) bond motifs is 6. The second-order valence-electron chi connectivity index (χ2n) is 15.2. The summed E-state index contributed by atoms with van der Waals surface area (Å²) in [5, 5.41) is 4.79. The number of furan rings is 1. The molecule has 0 aliphatic heterocycles. The molecule has 0 saturated heterocycles. The summed E-state index contributed by atoms with van der Waals surface area (Å²) in [5.74, 6) is 0.00627. The highest BCUT2D eigenvalue weighted by molar-refractivity contribution is 7.25. The number of nitrogens with zero attached hydrogens (tertiary/aromatic N) is 1. The Morgan fingerprint density at radius 2 is 0.831 bits per heavy atom. The first kappa shape index (κ1) is 35.0. The lowest BCUT2D eigenvalue weighted by Gasteiger charge is -2.28. The molecule has 0 bridgehead atoms. The normalized spacial score (nSPS) is 12.2. The van der Waals surface area contributed by atoms with Crippen molar-refractivity contribution in [1.29, 1.82) is 0 Å². The second kappa shape index (κ2) is 14.9. The summed E-state index contributed by atoms with van der Waals surface area (Å²) in [6.45, 7) is 0. The lowest BCUT2D eigenvalue weighted by molar-refractivity contribution is 0.667. The second-order valence-corrected chi connectivity index (χ2v) is 16.3. The summed E-state index contributed by atoms with van der Waals surface area (Å²) < 4.78 is 9.61. The van der Waals surface area contributed by atoms with E-state index in [1.54, 1.807) is 0 Å². The van der Waals surface area contributed by atoms with E-state index in [9.17, 15) is 0 Å². The van der Waals surface area contributed by atoms with Gasteiger partial charge in [-0.3, -0.25) is 0 Å². The molecule has 0 saturated carbocycles. The number of anilines is 3. The summed E-state index contributed by atoms with van der Waals surface area (Å²) in [7, 11) is 0. The molecule has 280 valence electrons. The number of hydrogen-bond donors (Lipinski definition) is 0. The standard InChI is InChI=1S/C56H39NOS/c1-6-18-38(19-7-1)54(39-20-8-2-9-21-39)41-31-33-50-48(34-41)56-49(57(44-24-12-4-13-25-44)45-26-14-5-15-27-45)35-43(36-51(56)58-50)55(40-22-10-3-11-23-40)42-30-32-47-46-28-16-17-29-52(46)59-53(47)37-42/h1-37,54-55H/t55-/m1/s1. The van der Waals surface area contributed by atoms with Gasteiger partial charge in [-0.1, -0.05) is 164 Å². The Labute approximate surface area is 347 Å². The predicted molar refractivity (Wildman–Crippen MR) is 249 cm³/mol. The molecule has 59 heavy (non-hydrogen) atoms. The van der Waals surface area contributed by atoms with E-state index < -0.39 is 0 Å². The summed E-state index contributed by atoms with van der Waals surface area (Å²) >= 11 is 1.87. The molecule has 0 aliphatic rings. The van der Waals surface area contributed by atoms with Gasteiger partial charge in [-0.15, -0.1) is 11.3 Å². The minimum Gasteiger partial charge on any atom is -0.456 e. The van der Waals surface area contributed by atoms with E-state index in [1.165, 1.54) is 53.6 Å². The first-order valence-electron chi connectivity index (χ1n) is 20.2. The lowest BCUT2D eigenvalue weighted by Crippen LogP contribution is -2.12. The highest BCUT2D eigenvalue weighted by atomic mass is 32.1. The van der Waals surface area contributed by atoms with Crippen LogP contribution >= 0.6 is 11.3 Å². The van der Waals surface area contributed by atoms with Gasteiger partial charge in [0.1, 0.15) is 11.2 Å². The Bertz CT molecular complexity index is 3130. The summed E-state index contributed by atoms with van der Waals surface area (Å²) in [4.78, 5) is 2.40. The van der Waals surface area contributed by atoms with E-state index in [4.69, 9.17) is 4.42 Å². The van der Waals surface area contributed by atoms with Crippen LogP contribution in [-0.4, -0.2) is 0 Å². The molecule has 0 amide bonds. The van der Waals surface area contributed by atoms with E-state index in [-0.39, 0.29) is 11.8 Å². The zero-order valence-electron chi connectivity index (χ0n) is 32.3. The Kier molecular flexibility index (Phi) is 8.87. The third-order valence-corrected chi connectivity index (χ3v) is 12.8. The number of hydrogen-bond acceptors (Lipinski definition) is 3. The van der Waals surface area contributed by atoms with Crippen LogP contribution in [0.4, 0.5) is 17.1 Å². The molecule has 0 unspecified atom stereocenters. The predicted octanol–water partition coefficient (Wildman–Crippen LogP) is 15.8. The SMILES string of the molecule is c1ccc(C(c2ccccc2)c2ccc3oc4cc([C@H](c5ccccc5)c5ccc6c(c5)sc5ccccc56)cc(N(c5ccccc5)c5ccccc5)c4c3c2)cc1. The Morgan fingerprint density at radius 3 is 1.44 bits per heavy atom. The van der Waals surface area contributed by atoms with Crippen molar-refractivity contribution in [3.63, 3.8) is 0 Å². The average molecular weight is 774 g/mol. The maximum atomic E-state index is 7.01. The van der Waals surface area contributed by atoms with E-state index in [0.717, 1.165) is 39.0 Å². The van der Waals surface area contributed by atoms with Crippen LogP contribution in [0.3, 0.4) is 0 Å². The van der Waals surface area contributed by atoms with Crippen molar-refractivity contribution in [2.24, 2.45) is 0 Å². The average Bonchev–Trinajstić information content (AvgIpc) is 3.86.